The fourth-order valence-corrected chi connectivity index (χ4v) is 2.40. The second kappa shape index (κ2) is 4.20. The lowest BCUT2D eigenvalue weighted by atomic mass is 10.3. The molecular weight excluding hydrogens is 270 g/mol. The van der Waals surface area contributed by atoms with Gasteiger partial charge in [0, 0.05) is 12.4 Å². The first-order chi connectivity index (χ1) is 10.3. The average Bonchev–Trinajstić information content (AvgIpc) is 2.85. The minimum atomic E-state index is -0.352. The van der Waals surface area contributed by atoms with Crippen molar-refractivity contribution in [3.63, 3.8) is 0 Å². The molecule has 7 heteroatoms. The van der Waals surface area contributed by atoms with E-state index in [4.69, 9.17) is 0 Å². The van der Waals surface area contributed by atoms with Crippen molar-refractivity contribution in [3.05, 3.63) is 53.1 Å². The Kier molecular flexibility index (Phi) is 2.34. The van der Waals surface area contributed by atoms with E-state index >= 15 is 0 Å². The summed E-state index contributed by atoms with van der Waals surface area (Å²) in [4.78, 5) is 38.4. The lowest BCUT2D eigenvalue weighted by molar-refractivity contribution is -0.117. The lowest BCUT2D eigenvalue weighted by Gasteiger charge is -2.15. The Balaban J connectivity index is 2.01. The van der Waals surface area contributed by atoms with Gasteiger partial charge in [0.2, 0.25) is 5.95 Å². The molecule has 1 aliphatic rings. The maximum atomic E-state index is 12.4. The Bertz CT molecular complexity index is 920. The van der Waals surface area contributed by atoms with E-state index in [1.165, 1.54) is 21.9 Å². The summed E-state index contributed by atoms with van der Waals surface area (Å²) in [5.74, 6) is 0.0744. The molecule has 1 amide bonds. The van der Waals surface area contributed by atoms with Crippen LogP contribution in [0.1, 0.15) is 0 Å². The van der Waals surface area contributed by atoms with Gasteiger partial charge in [-0.05, 0) is 12.1 Å². The van der Waals surface area contributed by atoms with Crippen molar-refractivity contribution in [1.82, 2.24) is 19.5 Å². The average molecular weight is 279 g/mol. The summed E-state index contributed by atoms with van der Waals surface area (Å²) in [5.41, 5.74) is 0.729. The Morgan fingerprint density at radius 3 is 2.57 bits per heavy atom. The molecule has 0 spiro atoms. The van der Waals surface area contributed by atoms with Crippen LogP contribution >= 0.6 is 0 Å². The van der Waals surface area contributed by atoms with E-state index in [0.29, 0.717) is 5.69 Å². The van der Waals surface area contributed by atoms with E-state index in [1.54, 1.807) is 12.1 Å². The van der Waals surface area contributed by atoms with Crippen molar-refractivity contribution in [1.29, 1.82) is 0 Å². The second-order valence-electron chi connectivity index (χ2n) is 4.60. The fourth-order valence-electron chi connectivity index (χ4n) is 2.40. The maximum Gasteiger partial charge on any atom is 0.283 e. The van der Waals surface area contributed by atoms with Crippen LogP contribution in [0.15, 0.2) is 47.5 Å². The maximum absolute atomic E-state index is 12.4. The molecule has 0 atom stereocenters. The third-order valence-electron chi connectivity index (χ3n) is 3.33. The minimum Gasteiger partial charge on any atom is -0.272 e. The molecule has 1 aromatic carbocycles. The fraction of sp³-hybridized carbons (Fsp3) is 0.0714. The zero-order valence-electron chi connectivity index (χ0n) is 10.8. The molecule has 21 heavy (non-hydrogen) atoms. The summed E-state index contributed by atoms with van der Waals surface area (Å²) in [6.07, 6.45) is 2.90. The molecule has 0 aliphatic carbocycles. The Labute approximate surface area is 118 Å². The molecule has 2 aromatic heterocycles. The third-order valence-corrected chi connectivity index (χ3v) is 3.33. The number of aromatic nitrogens is 4. The highest BCUT2D eigenvalue weighted by atomic mass is 16.2. The molecule has 7 nitrogen and oxygen atoms in total. The number of hydrogen-bond donors (Lipinski definition) is 0. The summed E-state index contributed by atoms with van der Waals surface area (Å²) in [6.45, 7) is -0.0391. The number of carbonyl (C=O) groups excluding carboxylic acids is 1. The summed E-state index contributed by atoms with van der Waals surface area (Å²) in [5, 5.41) is 0. The highest BCUT2D eigenvalue weighted by molar-refractivity contribution is 6.02. The first-order valence-electron chi connectivity index (χ1n) is 6.35. The van der Waals surface area contributed by atoms with E-state index in [0.717, 1.165) is 0 Å². The SMILES string of the molecule is O=C1Cn2c(nc3nccnc3c2=O)N1c1ccccc1. The Morgan fingerprint density at radius 1 is 1.00 bits per heavy atom. The predicted molar refractivity (Wildman–Crippen MR) is 75.2 cm³/mol. The van der Waals surface area contributed by atoms with Crippen LogP contribution in [0.4, 0.5) is 11.6 Å². The van der Waals surface area contributed by atoms with Gasteiger partial charge in [0.15, 0.2) is 11.2 Å². The normalized spacial score (nSPS) is 13.7. The molecule has 0 saturated carbocycles. The van der Waals surface area contributed by atoms with E-state index in [9.17, 15) is 9.59 Å². The van der Waals surface area contributed by atoms with Crippen molar-refractivity contribution >= 4 is 28.7 Å². The van der Waals surface area contributed by atoms with Crippen molar-refractivity contribution < 1.29 is 4.79 Å². The Hall–Kier alpha value is -3.09. The summed E-state index contributed by atoms with van der Waals surface area (Å²) < 4.78 is 1.33. The molecule has 0 saturated heterocycles. The number of rotatable bonds is 1. The van der Waals surface area contributed by atoms with Gasteiger partial charge >= 0.3 is 0 Å². The van der Waals surface area contributed by atoms with Crippen LogP contribution in [-0.4, -0.2) is 25.4 Å². The zero-order chi connectivity index (χ0) is 14.4. The number of nitrogens with zero attached hydrogens (tertiary/aromatic N) is 5. The third kappa shape index (κ3) is 1.64. The number of hydrogen-bond acceptors (Lipinski definition) is 5. The molecule has 3 aromatic rings. The number of anilines is 2. The van der Waals surface area contributed by atoms with Crippen LogP contribution in [0, 0.1) is 0 Å². The molecule has 0 N–H and O–H groups in total. The van der Waals surface area contributed by atoms with Crippen LogP contribution in [0.3, 0.4) is 0 Å². The van der Waals surface area contributed by atoms with E-state index in [2.05, 4.69) is 15.0 Å². The summed E-state index contributed by atoms with van der Waals surface area (Å²) in [6, 6.07) is 9.09. The molecule has 0 unspecified atom stereocenters. The van der Waals surface area contributed by atoms with Crippen LogP contribution < -0.4 is 10.5 Å². The van der Waals surface area contributed by atoms with Crippen molar-refractivity contribution in [2.24, 2.45) is 0 Å². The lowest BCUT2D eigenvalue weighted by Crippen LogP contribution is -2.22. The molecule has 4 rings (SSSR count). The molecular formula is C14H9N5O2. The van der Waals surface area contributed by atoms with Crippen LogP contribution in [0.5, 0.6) is 0 Å². The van der Waals surface area contributed by atoms with Crippen LogP contribution in [0.25, 0.3) is 11.2 Å². The predicted octanol–water partition coefficient (Wildman–Crippen LogP) is 0.865. The van der Waals surface area contributed by atoms with Crippen LogP contribution in [0.2, 0.25) is 0 Å². The molecule has 102 valence electrons. The van der Waals surface area contributed by atoms with Gasteiger partial charge in [-0.2, -0.15) is 4.98 Å². The molecule has 3 heterocycles. The monoisotopic (exact) mass is 279 g/mol. The highest BCUT2D eigenvalue weighted by Gasteiger charge is 2.32. The summed E-state index contributed by atoms with van der Waals surface area (Å²) >= 11 is 0. The van der Waals surface area contributed by atoms with Gasteiger partial charge in [0.25, 0.3) is 11.5 Å². The summed E-state index contributed by atoms with van der Waals surface area (Å²) in [7, 11) is 0. The van der Waals surface area contributed by atoms with Gasteiger partial charge in [-0.25, -0.2) is 14.9 Å². The molecule has 0 radical (unpaired) electrons. The zero-order valence-corrected chi connectivity index (χ0v) is 10.8. The Morgan fingerprint density at radius 2 is 1.76 bits per heavy atom. The topological polar surface area (TPSA) is 81.0 Å². The smallest absolute Gasteiger partial charge is 0.272 e. The number of benzene rings is 1. The van der Waals surface area contributed by atoms with Gasteiger partial charge in [-0.1, -0.05) is 18.2 Å². The highest BCUT2D eigenvalue weighted by Crippen LogP contribution is 2.28. The first kappa shape index (κ1) is 11.7. The van der Waals surface area contributed by atoms with Gasteiger partial charge < -0.3 is 0 Å². The van der Waals surface area contributed by atoms with Gasteiger partial charge in [0.05, 0.1) is 5.69 Å². The van der Waals surface area contributed by atoms with E-state index < -0.39 is 0 Å². The standard InChI is InChI=1S/C14H9N5O2/c20-10-8-18-13(21)11-12(16-7-6-15-11)17-14(18)19(10)9-4-2-1-3-5-9/h1-7H,8H2. The molecule has 0 bridgehead atoms. The van der Waals surface area contributed by atoms with Crippen LogP contribution in [-0.2, 0) is 11.3 Å². The number of amides is 1. The van der Waals surface area contributed by atoms with Gasteiger partial charge in [-0.15, -0.1) is 0 Å². The minimum absolute atomic E-state index is 0.0391. The molecule has 1 aliphatic heterocycles. The second-order valence-corrected chi connectivity index (χ2v) is 4.60. The van der Waals surface area contributed by atoms with Crippen molar-refractivity contribution in [2.45, 2.75) is 6.54 Å². The van der Waals surface area contributed by atoms with Crippen molar-refractivity contribution in [2.75, 3.05) is 4.90 Å². The number of fused-ring (bicyclic) bond motifs is 2. The number of carbonyl (C=O) groups is 1. The first-order valence-corrected chi connectivity index (χ1v) is 6.35. The van der Waals surface area contributed by atoms with Gasteiger partial charge in [0.1, 0.15) is 6.54 Å². The number of para-hydroxylation sites is 1. The van der Waals surface area contributed by atoms with E-state index in [-0.39, 0.29) is 35.1 Å². The molecule has 0 fully saturated rings. The van der Waals surface area contributed by atoms with E-state index in [1.807, 2.05) is 18.2 Å². The van der Waals surface area contributed by atoms with Crippen molar-refractivity contribution in [3.8, 4) is 0 Å². The quantitative estimate of drug-likeness (QED) is 0.660. The van der Waals surface area contributed by atoms with Gasteiger partial charge in [-0.3, -0.25) is 14.2 Å². The largest absolute Gasteiger partial charge is 0.283 e.